The van der Waals surface area contributed by atoms with Crippen LogP contribution in [0.2, 0.25) is 0 Å². The predicted molar refractivity (Wildman–Crippen MR) is 67.1 cm³/mol. The van der Waals surface area contributed by atoms with Crippen LogP contribution in [-0.4, -0.2) is 38.3 Å². The Morgan fingerprint density at radius 1 is 1.40 bits per heavy atom. The summed E-state index contributed by atoms with van der Waals surface area (Å²) in [7, 11) is 1.49. The van der Waals surface area contributed by atoms with Crippen LogP contribution in [0.5, 0.6) is 5.88 Å². The number of aliphatic carboxylic acids is 1. The van der Waals surface area contributed by atoms with Gasteiger partial charge in [-0.2, -0.15) is 4.98 Å². The van der Waals surface area contributed by atoms with Crippen LogP contribution in [-0.2, 0) is 4.79 Å². The highest BCUT2D eigenvalue weighted by Crippen LogP contribution is 2.25. The Morgan fingerprint density at radius 2 is 2.15 bits per heavy atom. The smallest absolute Gasteiger partial charge is 0.307 e. The van der Waals surface area contributed by atoms with Gasteiger partial charge >= 0.3 is 5.97 Å². The molecule has 0 aromatic carbocycles. The molecule has 0 radical (unpaired) electrons. The number of hydrogen-bond acceptors (Lipinski definition) is 7. The molecule has 106 valence electrons. The van der Waals surface area contributed by atoms with Crippen LogP contribution < -0.4 is 4.74 Å². The van der Waals surface area contributed by atoms with Gasteiger partial charge in [-0.25, -0.2) is 9.97 Å². The number of carboxylic acids is 1. The number of carboxylic acid groups (broad SMARTS) is 1. The van der Waals surface area contributed by atoms with Crippen LogP contribution in [0.1, 0.15) is 25.7 Å². The number of hydrogen-bond donors (Lipinski definition) is 1. The second kappa shape index (κ2) is 5.64. The zero-order valence-electron chi connectivity index (χ0n) is 11.3. The SMILES string of the molecule is COc1cc(-c2noc(C(C)C(C)C(=O)O)n2)ncn1. The van der Waals surface area contributed by atoms with E-state index in [1.54, 1.807) is 19.9 Å². The van der Waals surface area contributed by atoms with Crippen molar-refractivity contribution in [2.24, 2.45) is 5.92 Å². The molecule has 2 rings (SSSR count). The monoisotopic (exact) mass is 278 g/mol. The summed E-state index contributed by atoms with van der Waals surface area (Å²) in [6, 6.07) is 1.57. The largest absolute Gasteiger partial charge is 0.481 e. The highest BCUT2D eigenvalue weighted by Gasteiger charge is 2.26. The maximum atomic E-state index is 10.9. The van der Waals surface area contributed by atoms with E-state index in [1.165, 1.54) is 13.4 Å². The van der Waals surface area contributed by atoms with Crippen molar-refractivity contribution in [1.29, 1.82) is 0 Å². The zero-order chi connectivity index (χ0) is 14.7. The average Bonchev–Trinajstić information content (AvgIpc) is 2.95. The van der Waals surface area contributed by atoms with Gasteiger partial charge in [0.15, 0.2) is 0 Å². The Balaban J connectivity index is 2.26. The molecule has 0 amide bonds. The van der Waals surface area contributed by atoms with E-state index in [9.17, 15) is 4.79 Å². The van der Waals surface area contributed by atoms with E-state index in [0.29, 0.717) is 11.6 Å². The molecule has 8 heteroatoms. The fourth-order valence-corrected chi connectivity index (χ4v) is 1.53. The van der Waals surface area contributed by atoms with Gasteiger partial charge in [-0.1, -0.05) is 19.0 Å². The van der Waals surface area contributed by atoms with E-state index in [1.807, 2.05) is 0 Å². The molecule has 2 aromatic heterocycles. The molecule has 2 unspecified atom stereocenters. The van der Waals surface area contributed by atoms with Gasteiger partial charge in [0.2, 0.25) is 17.6 Å². The third-order valence-corrected chi connectivity index (χ3v) is 3.05. The lowest BCUT2D eigenvalue weighted by Crippen LogP contribution is -2.16. The molecule has 0 bridgehead atoms. The first kappa shape index (κ1) is 13.9. The normalized spacial score (nSPS) is 13.8. The summed E-state index contributed by atoms with van der Waals surface area (Å²) in [6.45, 7) is 3.31. The predicted octanol–water partition coefficient (Wildman–Crippen LogP) is 1.36. The first-order chi connectivity index (χ1) is 9.52. The number of carbonyl (C=O) groups is 1. The first-order valence-electron chi connectivity index (χ1n) is 5.95. The lowest BCUT2D eigenvalue weighted by molar-refractivity contribution is -0.141. The third kappa shape index (κ3) is 2.73. The van der Waals surface area contributed by atoms with Crippen molar-refractivity contribution in [1.82, 2.24) is 20.1 Å². The van der Waals surface area contributed by atoms with Gasteiger partial charge in [-0.3, -0.25) is 4.79 Å². The Bertz CT molecular complexity index is 613. The first-order valence-corrected chi connectivity index (χ1v) is 5.95. The fourth-order valence-electron chi connectivity index (χ4n) is 1.53. The second-order valence-corrected chi connectivity index (χ2v) is 4.32. The summed E-state index contributed by atoms with van der Waals surface area (Å²) in [5.41, 5.74) is 0.446. The summed E-state index contributed by atoms with van der Waals surface area (Å²) >= 11 is 0. The number of aromatic nitrogens is 4. The second-order valence-electron chi connectivity index (χ2n) is 4.32. The highest BCUT2D eigenvalue weighted by atomic mass is 16.5. The molecule has 1 N–H and O–H groups in total. The molecule has 0 fully saturated rings. The Labute approximate surface area is 114 Å². The molecule has 20 heavy (non-hydrogen) atoms. The van der Waals surface area contributed by atoms with Crippen molar-refractivity contribution in [2.75, 3.05) is 7.11 Å². The maximum absolute atomic E-state index is 10.9. The number of ether oxygens (including phenoxy) is 1. The van der Waals surface area contributed by atoms with E-state index < -0.39 is 17.8 Å². The van der Waals surface area contributed by atoms with Gasteiger partial charge in [0.05, 0.1) is 13.0 Å². The van der Waals surface area contributed by atoms with E-state index in [2.05, 4.69) is 20.1 Å². The third-order valence-electron chi connectivity index (χ3n) is 3.05. The molecule has 8 nitrogen and oxygen atoms in total. The van der Waals surface area contributed by atoms with E-state index in [0.717, 1.165) is 0 Å². The summed E-state index contributed by atoms with van der Waals surface area (Å²) < 4.78 is 10.1. The Hall–Kier alpha value is -2.51. The highest BCUT2D eigenvalue weighted by molar-refractivity contribution is 5.70. The molecule has 0 saturated carbocycles. The number of rotatable bonds is 5. The molecule has 0 aliphatic carbocycles. The van der Waals surface area contributed by atoms with Crippen molar-refractivity contribution in [3.63, 3.8) is 0 Å². The van der Waals surface area contributed by atoms with Crippen molar-refractivity contribution in [3.05, 3.63) is 18.3 Å². The molecular formula is C12H14N4O4. The van der Waals surface area contributed by atoms with E-state index in [4.69, 9.17) is 14.4 Å². The molecule has 0 spiro atoms. The summed E-state index contributed by atoms with van der Waals surface area (Å²) in [6.07, 6.45) is 1.33. The minimum absolute atomic E-state index is 0.257. The summed E-state index contributed by atoms with van der Waals surface area (Å²) in [5.74, 6) is -1.02. The number of methoxy groups -OCH3 is 1. The standard InChI is InChI=1S/C12H14N4O4/c1-6(7(2)12(17)18)11-15-10(16-20-11)8-4-9(19-3)14-5-13-8/h4-7H,1-3H3,(H,17,18). The van der Waals surface area contributed by atoms with Gasteiger partial charge in [-0.05, 0) is 0 Å². The van der Waals surface area contributed by atoms with E-state index in [-0.39, 0.29) is 11.7 Å². The molecule has 0 saturated heterocycles. The number of nitrogens with zero attached hydrogens (tertiary/aromatic N) is 4. The van der Waals surface area contributed by atoms with Crippen molar-refractivity contribution in [2.45, 2.75) is 19.8 Å². The van der Waals surface area contributed by atoms with Crippen molar-refractivity contribution < 1.29 is 19.2 Å². The van der Waals surface area contributed by atoms with Gasteiger partial charge in [-0.15, -0.1) is 0 Å². The lowest BCUT2D eigenvalue weighted by Gasteiger charge is -2.10. The maximum Gasteiger partial charge on any atom is 0.307 e. The Kier molecular flexibility index (Phi) is 3.92. The minimum atomic E-state index is -0.916. The quantitative estimate of drug-likeness (QED) is 0.872. The molecule has 0 aliphatic heterocycles. The van der Waals surface area contributed by atoms with Gasteiger partial charge < -0.3 is 14.4 Å². The van der Waals surface area contributed by atoms with Crippen LogP contribution in [0, 0.1) is 5.92 Å². The molecule has 2 atom stereocenters. The van der Waals surface area contributed by atoms with Crippen LogP contribution in [0.15, 0.2) is 16.9 Å². The average molecular weight is 278 g/mol. The van der Waals surface area contributed by atoms with Gasteiger partial charge in [0.25, 0.3) is 0 Å². The van der Waals surface area contributed by atoms with Gasteiger partial charge in [0.1, 0.15) is 12.0 Å². The van der Waals surface area contributed by atoms with Crippen LogP contribution >= 0.6 is 0 Å². The van der Waals surface area contributed by atoms with Crippen LogP contribution in [0.25, 0.3) is 11.5 Å². The summed E-state index contributed by atoms with van der Waals surface area (Å²) in [5, 5.41) is 12.8. The molecular weight excluding hydrogens is 264 g/mol. The molecule has 2 aromatic rings. The molecule has 2 heterocycles. The molecule has 0 aliphatic rings. The van der Waals surface area contributed by atoms with Crippen molar-refractivity contribution in [3.8, 4) is 17.4 Å². The summed E-state index contributed by atoms with van der Waals surface area (Å²) in [4.78, 5) is 23.0. The van der Waals surface area contributed by atoms with E-state index >= 15 is 0 Å². The minimum Gasteiger partial charge on any atom is -0.481 e. The zero-order valence-corrected chi connectivity index (χ0v) is 11.3. The van der Waals surface area contributed by atoms with Gasteiger partial charge in [0, 0.05) is 12.0 Å². The topological polar surface area (TPSA) is 111 Å². The van der Waals surface area contributed by atoms with Crippen LogP contribution in [0.3, 0.4) is 0 Å². The lowest BCUT2D eigenvalue weighted by atomic mass is 9.96. The fraction of sp³-hybridized carbons (Fsp3) is 0.417. The van der Waals surface area contributed by atoms with Crippen LogP contribution in [0.4, 0.5) is 0 Å². The van der Waals surface area contributed by atoms with Crippen molar-refractivity contribution >= 4 is 5.97 Å². The Morgan fingerprint density at radius 3 is 2.80 bits per heavy atom.